The number of piperidine rings is 1. The van der Waals surface area contributed by atoms with Gasteiger partial charge in [-0.05, 0) is 68.3 Å². The van der Waals surface area contributed by atoms with Gasteiger partial charge in [-0.15, -0.1) is 10.2 Å². The van der Waals surface area contributed by atoms with E-state index in [2.05, 4.69) is 20.8 Å². The van der Waals surface area contributed by atoms with Gasteiger partial charge in [-0.25, -0.2) is 8.42 Å². The number of hydrogen-bond acceptors (Lipinski definition) is 9. The van der Waals surface area contributed by atoms with Gasteiger partial charge >= 0.3 is 0 Å². The maximum atomic E-state index is 12.8. The second-order valence-electron chi connectivity index (χ2n) is 7.78. The lowest BCUT2D eigenvalue weighted by atomic mass is 10.2. The molecule has 0 atom stereocenters. The lowest BCUT2D eigenvalue weighted by Gasteiger charge is -2.25. The maximum absolute atomic E-state index is 12.8. The Morgan fingerprint density at radius 2 is 1.71 bits per heavy atom. The van der Waals surface area contributed by atoms with Crippen LogP contribution >= 0.6 is 23.1 Å². The van der Waals surface area contributed by atoms with Crippen molar-refractivity contribution in [2.75, 3.05) is 36.1 Å². The number of ether oxygens (including phenoxy) is 1. The molecule has 0 radical (unpaired) electrons. The number of aromatic nitrogens is 2. The lowest BCUT2D eigenvalue weighted by molar-refractivity contribution is -0.113. The Hall–Kier alpha value is -2.67. The summed E-state index contributed by atoms with van der Waals surface area (Å²) >= 11 is 2.64. The molecule has 12 heteroatoms. The Labute approximate surface area is 213 Å². The third-order valence-electron chi connectivity index (χ3n) is 5.24. The van der Waals surface area contributed by atoms with E-state index in [1.807, 2.05) is 31.2 Å². The number of carbonyl (C=O) groups excluding carboxylic acids is 1. The van der Waals surface area contributed by atoms with Crippen LogP contribution in [-0.4, -0.2) is 54.3 Å². The average Bonchev–Trinajstić information content (AvgIpc) is 3.32. The molecular weight excluding hydrogens is 506 g/mol. The van der Waals surface area contributed by atoms with Gasteiger partial charge in [0.15, 0.2) is 4.34 Å². The van der Waals surface area contributed by atoms with Crippen LogP contribution in [0, 0.1) is 0 Å². The normalized spacial score (nSPS) is 14.4. The molecule has 3 aromatic rings. The maximum Gasteiger partial charge on any atom is 0.243 e. The molecule has 1 aliphatic rings. The summed E-state index contributed by atoms with van der Waals surface area (Å²) in [7, 11) is -3.49. The number of thioether (sulfide) groups is 1. The summed E-state index contributed by atoms with van der Waals surface area (Å²) in [5, 5.41) is 14.8. The smallest absolute Gasteiger partial charge is 0.243 e. The summed E-state index contributed by atoms with van der Waals surface area (Å²) in [6, 6.07) is 13.9. The van der Waals surface area contributed by atoms with Crippen molar-refractivity contribution in [1.29, 1.82) is 0 Å². The van der Waals surface area contributed by atoms with Crippen LogP contribution in [0.15, 0.2) is 57.8 Å². The fraction of sp³-hybridized carbons (Fsp3) is 0.348. The number of nitrogens with zero attached hydrogens (tertiary/aromatic N) is 3. The van der Waals surface area contributed by atoms with Gasteiger partial charge < -0.3 is 15.4 Å². The van der Waals surface area contributed by atoms with E-state index in [1.165, 1.54) is 39.5 Å². The molecule has 2 heterocycles. The van der Waals surface area contributed by atoms with Crippen molar-refractivity contribution in [3.05, 3.63) is 48.5 Å². The summed E-state index contributed by atoms with van der Waals surface area (Å²) in [6.07, 6.45) is 2.84. The van der Waals surface area contributed by atoms with Crippen LogP contribution in [-0.2, 0) is 14.8 Å². The molecule has 1 fully saturated rings. The Morgan fingerprint density at radius 1 is 1.03 bits per heavy atom. The summed E-state index contributed by atoms with van der Waals surface area (Å²) in [5.41, 5.74) is 1.41. The first kappa shape index (κ1) is 25.4. The minimum atomic E-state index is -3.49. The van der Waals surface area contributed by atoms with Crippen LogP contribution < -0.4 is 15.4 Å². The van der Waals surface area contributed by atoms with Gasteiger partial charge in [0.1, 0.15) is 5.75 Å². The van der Waals surface area contributed by atoms with Gasteiger partial charge in [0.25, 0.3) is 0 Å². The molecule has 1 amide bonds. The van der Waals surface area contributed by atoms with Crippen molar-refractivity contribution in [2.24, 2.45) is 0 Å². The number of nitrogens with one attached hydrogen (secondary N) is 2. The second-order valence-corrected chi connectivity index (χ2v) is 11.9. The van der Waals surface area contributed by atoms with Crippen LogP contribution in [0.25, 0.3) is 0 Å². The van der Waals surface area contributed by atoms with Gasteiger partial charge in [-0.3, -0.25) is 4.79 Å². The van der Waals surface area contributed by atoms with Crippen LogP contribution in [0.5, 0.6) is 5.75 Å². The molecule has 0 unspecified atom stereocenters. The zero-order valence-electron chi connectivity index (χ0n) is 19.3. The highest BCUT2D eigenvalue weighted by Gasteiger charge is 2.25. The number of benzene rings is 2. The molecule has 186 valence electrons. The Morgan fingerprint density at radius 3 is 2.40 bits per heavy atom. The van der Waals surface area contributed by atoms with Crippen molar-refractivity contribution >= 4 is 55.5 Å². The summed E-state index contributed by atoms with van der Waals surface area (Å²) in [5.74, 6) is 0.750. The zero-order valence-corrected chi connectivity index (χ0v) is 21.7. The monoisotopic (exact) mass is 533 g/mol. The molecule has 0 aliphatic carbocycles. The molecule has 1 aromatic heterocycles. The molecule has 1 saturated heterocycles. The minimum Gasteiger partial charge on any atom is -0.494 e. The molecule has 4 rings (SSSR count). The largest absolute Gasteiger partial charge is 0.494 e. The Balaban J connectivity index is 1.26. The van der Waals surface area contributed by atoms with E-state index in [-0.39, 0.29) is 16.6 Å². The van der Waals surface area contributed by atoms with Gasteiger partial charge in [0.05, 0.1) is 17.3 Å². The van der Waals surface area contributed by atoms with Crippen LogP contribution in [0.2, 0.25) is 0 Å². The fourth-order valence-corrected chi connectivity index (χ4v) is 6.62. The highest BCUT2D eigenvalue weighted by Crippen LogP contribution is 2.28. The first-order chi connectivity index (χ1) is 16.9. The molecule has 0 spiro atoms. The average molecular weight is 534 g/mol. The summed E-state index contributed by atoms with van der Waals surface area (Å²) in [4.78, 5) is 12.6. The first-order valence-corrected chi connectivity index (χ1v) is 14.5. The molecular formula is C23H27N5O4S3. The lowest BCUT2D eigenvalue weighted by Crippen LogP contribution is -2.35. The van der Waals surface area contributed by atoms with Gasteiger partial charge in [-0.1, -0.05) is 29.5 Å². The predicted molar refractivity (Wildman–Crippen MR) is 139 cm³/mol. The van der Waals surface area contributed by atoms with Crippen molar-refractivity contribution in [1.82, 2.24) is 14.5 Å². The number of anilines is 3. The molecule has 35 heavy (non-hydrogen) atoms. The van der Waals surface area contributed by atoms with E-state index in [9.17, 15) is 13.2 Å². The molecule has 0 bridgehead atoms. The molecule has 0 saturated carbocycles. The van der Waals surface area contributed by atoms with Crippen LogP contribution in [0.3, 0.4) is 0 Å². The highest BCUT2D eigenvalue weighted by atomic mass is 32.2. The van der Waals surface area contributed by atoms with Gasteiger partial charge in [-0.2, -0.15) is 4.31 Å². The topological polar surface area (TPSA) is 114 Å². The first-order valence-electron chi connectivity index (χ1n) is 11.3. The van der Waals surface area contributed by atoms with Gasteiger partial charge in [0.2, 0.25) is 21.1 Å². The number of amides is 1. The van der Waals surface area contributed by atoms with Crippen LogP contribution in [0.1, 0.15) is 26.2 Å². The number of hydrogen-bond donors (Lipinski definition) is 2. The van der Waals surface area contributed by atoms with Crippen molar-refractivity contribution in [2.45, 2.75) is 35.4 Å². The van der Waals surface area contributed by atoms with E-state index in [0.717, 1.165) is 30.7 Å². The van der Waals surface area contributed by atoms with Crippen LogP contribution in [0.4, 0.5) is 16.5 Å². The molecule has 1 aliphatic heterocycles. The standard InChI is InChI=1S/C23H27N5O4S3/c1-2-32-19-10-6-18(7-11-19)25-22-26-27-23(34-22)33-16-21(29)24-17-8-12-20(13-9-17)35(30,31)28-14-4-3-5-15-28/h6-13H,2-5,14-16H2,1H3,(H,24,29)(H,25,26). The SMILES string of the molecule is CCOc1ccc(Nc2nnc(SCC(=O)Nc3ccc(S(=O)(=O)N4CCCCC4)cc3)s2)cc1. The van der Waals surface area contributed by atoms with E-state index in [4.69, 9.17) is 4.74 Å². The third kappa shape index (κ3) is 6.94. The molecule has 2 N–H and O–H groups in total. The van der Waals surface area contributed by atoms with Crippen molar-refractivity contribution < 1.29 is 17.9 Å². The predicted octanol–water partition coefficient (Wildman–Crippen LogP) is 4.59. The Kier molecular flexibility index (Phi) is 8.60. The van der Waals surface area contributed by atoms with E-state index in [1.54, 1.807) is 12.1 Å². The second kappa shape index (κ2) is 11.8. The van der Waals surface area contributed by atoms with E-state index < -0.39 is 10.0 Å². The molecule has 9 nitrogen and oxygen atoms in total. The third-order valence-corrected chi connectivity index (χ3v) is 9.13. The van der Waals surface area contributed by atoms with Gasteiger partial charge in [0, 0.05) is 24.5 Å². The zero-order chi connectivity index (χ0) is 24.7. The molecule has 2 aromatic carbocycles. The van der Waals surface area contributed by atoms with Crippen molar-refractivity contribution in [3.8, 4) is 5.75 Å². The number of carbonyl (C=O) groups is 1. The quantitative estimate of drug-likeness (QED) is 0.364. The minimum absolute atomic E-state index is 0.158. The van der Waals surface area contributed by atoms with Crippen molar-refractivity contribution in [3.63, 3.8) is 0 Å². The summed E-state index contributed by atoms with van der Waals surface area (Å²) in [6.45, 7) is 3.66. The number of rotatable bonds is 10. The van der Waals surface area contributed by atoms with E-state index in [0.29, 0.717) is 34.9 Å². The highest BCUT2D eigenvalue weighted by molar-refractivity contribution is 8.01. The number of sulfonamides is 1. The summed E-state index contributed by atoms with van der Waals surface area (Å²) < 4.78 is 33.1. The Bertz CT molecular complexity index is 1220. The van der Waals surface area contributed by atoms with E-state index >= 15 is 0 Å². The fourth-order valence-electron chi connectivity index (χ4n) is 3.53.